The van der Waals surface area contributed by atoms with Gasteiger partial charge < -0.3 is 4.90 Å². The van der Waals surface area contributed by atoms with E-state index in [9.17, 15) is 14.9 Å². The van der Waals surface area contributed by atoms with Crippen LogP contribution in [0.4, 0.5) is 5.69 Å². The van der Waals surface area contributed by atoms with Gasteiger partial charge in [-0.05, 0) is 36.3 Å². The first-order valence-electron chi connectivity index (χ1n) is 16.2. The molecule has 5 heteroatoms. The number of nitrogens with zero attached hydrogens (tertiary/aromatic N) is 2. The number of ketones is 1. The molecule has 2 aliphatic rings. The van der Waals surface area contributed by atoms with Gasteiger partial charge >= 0.3 is 0 Å². The minimum absolute atomic E-state index is 0.168. The number of benzene rings is 1. The summed E-state index contributed by atoms with van der Waals surface area (Å²) in [6.07, 6.45) is 29.6. The number of unbranched alkanes of at least 4 members (excludes halogenated alkanes) is 15. The van der Waals surface area contributed by atoms with E-state index in [1.807, 2.05) is 12.2 Å². The smallest absolute Gasteiger partial charge is 0.273 e. The summed E-state index contributed by atoms with van der Waals surface area (Å²) in [7, 11) is 0. The monoisotopic (exact) mass is 560 g/mol. The van der Waals surface area contributed by atoms with Crippen molar-refractivity contribution in [2.24, 2.45) is 0 Å². The standard InChI is InChI=1S/C36H52N2O3/c1-4-5-6-7-8-9-10-11-12-13-14-15-16-17-18-21-28-37-33-23-20-19-22-32(33)36(2,3)35(37)27-25-30-24-26-31(38(40)41)29-34(30)39/h19-20,22-27,29H,4-18,21,28H2,1-3H3/b30-25-,35-27-. The second-order valence-electron chi connectivity index (χ2n) is 12.3. The lowest BCUT2D eigenvalue weighted by atomic mass is 9.83. The van der Waals surface area contributed by atoms with E-state index in [-0.39, 0.29) is 16.9 Å². The van der Waals surface area contributed by atoms with Gasteiger partial charge in [0.15, 0.2) is 5.78 Å². The van der Waals surface area contributed by atoms with E-state index in [2.05, 4.69) is 49.9 Å². The first kappa shape index (κ1) is 32.6. The molecule has 0 amide bonds. The second-order valence-corrected chi connectivity index (χ2v) is 12.3. The minimum Gasteiger partial charge on any atom is -0.344 e. The van der Waals surface area contributed by atoms with Crippen LogP contribution in [0.2, 0.25) is 0 Å². The van der Waals surface area contributed by atoms with Crippen LogP contribution < -0.4 is 4.90 Å². The summed E-state index contributed by atoms with van der Waals surface area (Å²) in [5.41, 5.74) is 3.81. The Balaban J connectivity index is 1.42. The van der Waals surface area contributed by atoms with Gasteiger partial charge in [0.1, 0.15) is 0 Å². The fourth-order valence-electron chi connectivity index (χ4n) is 6.14. The van der Waals surface area contributed by atoms with Crippen LogP contribution in [0.15, 0.2) is 71.6 Å². The van der Waals surface area contributed by atoms with Crippen LogP contribution in [0.1, 0.15) is 129 Å². The average molecular weight is 561 g/mol. The van der Waals surface area contributed by atoms with Gasteiger partial charge in [0.25, 0.3) is 5.70 Å². The van der Waals surface area contributed by atoms with Gasteiger partial charge in [0.05, 0.1) is 11.0 Å². The maximum Gasteiger partial charge on any atom is 0.273 e. The number of hydrogen-bond donors (Lipinski definition) is 0. The van der Waals surface area contributed by atoms with Crippen LogP contribution >= 0.6 is 0 Å². The molecule has 0 spiro atoms. The highest BCUT2D eigenvalue weighted by atomic mass is 16.6. The number of para-hydroxylation sites is 1. The van der Waals surface area contributed by atoms with Gasteiger partial charge in [-0.2, -0.15) is 0 Å². The number of fused-ring (bicyclic) bond motifs is 1. The second kappa shape index (κ2) is 17.1. The third kappa shape index (κ3) is 9.83. The van der Waals surface area contributed by atoms with Crippen molar-refractivity contribution in [3.05, 3.63) is 87.3 Å². The molecule has 0 radical (unpaired) electrons. The van der Waals surface area contributed by atoms with Crippen LogP contribution in [-0.4, -0.2) is 17.3 Å². The minimum atomic E-state index is -0.528. The van der Waals surface area contributed by atoms with E-state index >= 15 is 0 Å². The Morgan fingerprint density at radius 3 is 1.85 bits per heavy atom. The number of carbonyl (C=O) groups is 1. The van der Waals surface area contributed by atoms with Gasteiger partial charge in [0.2, 0.25) is 0 Å². The molecule has 0 N–H and O–H groups in total. The van der Waals surface area contributed by atoms with Crippen LogP contribution in [0.25, 0.3) is 0 Å². The van der Waals surface area contributed by atoms with E-state index in [0.717, 1.165) is 24.7 Å². The van der Waals surface area contributed by atoms with Gasteiger partial charge in [-0.1, -0.05) is 135 Å². The molecule has 3 rings (SSSR count). The number of carbonyl (C=O) groups excluding carboxylic acids is 1. The molecule has 0 unspecified atom stereocenters. The molecule has 0 saturated carbocycles. The Morgan fingerprint density at radius 1 is 0.780 bits per heavy atom. The number of anilines is 1. The molecule has 0 fully saturated rings. The quantitative estimate of drug-likeness (QED) is 0.0731. The molecular weight excluding hydrogens is 508 g/mol. The number of rotatable bonds is 19. The van der Waals surface area contributed by atoms with Crippen molar-refractivity contribution >= 4 is 11.5 Å². The lowest BCUT2D eigenvalue weighted by Crippen LogP contribution is -2.27. The first-order valence-corrected chi connectivity index (χ1v) is 16.2. The van der Waals surface area contributed by atoms with E-state index < -0.39 is 4.92 Å². The van der Waals surface area contributed by atoms with Crippen molar-refractivity contribution in [1.82, 2.24) is 0 Å². The van der Waals surface area contributed by atoms with Gasteiger partial charge in [0, 0.05) is 35.0 Å². The normalized spacial score (nSPS) is 17.9. The van der Waals surface area contributed by atoms with Gasteiger partial charge in [-0.25, -0.2) is 0 Å². The zero-order valence-corrected chi connectivity index (χ0v) is 25.8. The summed E-state index contributed by atoms with van der Waals surface area (Å²) < 4.78 is 0. The van der Waals surface area contributed by atoms with E-state index in [1.54, 1.807) is 6.08 Å². The molecule has 1 heterocycles. The highest BCUT2D eigenvalue weighted by molar-refractivity contribution is 6.08. The lowest BCUT2D eigenvalue weighted by Gasteiger charge is -2.27. The maximum atomic E-state index is 12.5. The fourth-order valence-corrected chi connectivity index (χ4v) is 6.14. The topological polar surface area (TPSA) is 63.4 Å². The van der Waals surface area contributed by atoms with Crippen LogP contribution in [-0.2, 0) is 10.2 Å². The Kier molecular flexibility index (Phi) is 13.6. The third-order valence-electron chi connectivity index (χ3n) is 8.66. The van der Waals surface area contributed by atoms with Crippen molar-refractivity contribution in [2.75, 3.05) is 11.4 Å². The molecule has 224 valence electrons. The molecule has 1 aromatic carbocycles. The number of hydrogen-bond acceptors (Lipinski definition) is 4. The van der Waals surface area contributed by atoms with Crippen LogP contribution in [0.3, 0.4) is 0 Å². The highest BCUT2D eigenvalue weighted by Crippen LogP contribution is 2.47. The molecule has 0 atom stereocenters. The largest absolute Gasteiger partial charge is 0.344 e. The van der Waals surface area contributed by atoms with Crippen molar-refractivity contribution in [3.8, 4) is 0 Å². The third-order valence-corrected chi connectivity index (χ3v) is 8.66. The molecule has 0 aromatic heterocycles. The summed E-state index contributed by atoms with van der Waals surface area (Å²) in [6, 6.07) is 8.57. The molecule has 0 saturated heterocycles. The average Bonchev–Trinajstić information content (AvgIpc) is 3.17. The summed E-state index contributed by atoms with van der Waals surface area (Å²) in [6.45, 7) is 7.69. The summed E-state index contributed by atoms with van der Waals surface area (Å²) >= 11 is 0. The molecule has 41 heavy (non-hydrogen) atoms. The van der Waals surface area contributed by atoms with Crippen molar-refractivity contribution in [1.29, 1.82) is 0 Å². The van der Waals surface area contributed by atoms with Crippen molar-refractivity contribution < 1.29 is 9.72 Å². The van der Waals surface area contributed by atoms with E-state index in [1.165, 1.54) is 114 Å². The Hall–Kier alpha value is -2.95. The molecule has 1 aliphatic carbocycles. The van der Waals surface area contributed by atoms with Gasteiger partial charge in [-0.3, -0.25) is 14.9 Å². The van der Waals surface area contributed by atoms with Crippen molar-refractivity contribution in [3.63, 3.8) is 0 Å². The summed E-state index contributed by atoms with van der Waals surface area (Å²) in [5, 5.41) is 11.0. The number of allylic oxidation sites excluding steroid dienone is 7. The number of nitro groups is 1. The Morgan fingerprint density at radius 2 is 1.32 bits per heavy atom. The SMILES string of the molecule is CCCCCCCCCCCCCCCCCCN1/C(=C\C=C2\C=CC([N+](=O)[O-])=CC2=O)C(C)(C)c2ccccc21. The Bertz CT molecular complexity index is 1130. The predicted molar refractivity (Wildman–Crippen MR) is 172 cm³/mol. The van der Waals surface area contributed by atoms with Crippen LogP contribution in [0.5, 0.6) is 0 Å². The van der Waals surface area contributed by atoms with E-state index in [4.69, 9.17) is 0 Å². The van der Waals surface area contributed by atoms with E-state index in [0.29, 0.717) is 5.57 Å². The summed E-state index contributed by atoms with van der Waals surface area (Å²) in [5.74, 6) is -0.325. The fraction of sp³-hybridized carbons (Fsp3) is 0.583. The van der Waals surface area contributed by atoms with Crippen LogP contribution in [0, 0.1) is 10.1 Å². The van der Waals surface area contributed by atoms with Crippen molar-refractivity contribution in [2.45, 2.75) is 129 Å². The van der Waals surface area contributed by atoms with Gasteiger partial charge in [-0.15, -0.1) is 0 Å². The zero-order valence-electron chi connectivity index (χ0n) is 25.8. The first-order chi connectivity index (χ1) is 19.9. The molecule has 1 aliphatic heterocycles. The molecule has 1 aromatic rings. The lowest BCUT2D eigenvalue weighted by molar-refractivity contribution is -0.419. The zero-order chi connectivity index (χ0) is 29.5. The molecule has 0 bridgehead atoms. The summed E-state index contributed by atoms with van der Waals surface area (Å²) in [4.78, 5) is 25.4. The maximum absolute atomic E-state index is 12.5. The molecular formula is C36H52N2O3. The molecule has 5 nitrogen and oxygen atoms in total. The predicted octanol–water partition coefficient (Wildman–Crippen LogP) is 10.2. The highest BCUT2D eigenvalue weighted by Gasteiger charge is 2.39. The Labute approximate surface area is 248 Å².